The molecule has 0 saturated carbocycles. The highest BCUT2D eigenvalue weighted by Gasteiger charge is 2.11. The Bertz CT molecular complexity index is 378. The number of nitrogens with zero attached hydrogens (tertiary/aromatic N) is 2. The first kappa shape index (κ1) is 16.4. The van der Waals surface area contributed by atoms with Crippen molar-refractivity contribution in [1.82, 2.24) is 15.2 Å². The molecule has 5 heteroatoms. The molecule has 0 aromatic carbocycles. The molecule has 1 amide bonds. The number of carbonyl (C=O) groups excluding carboxylic acids is 1. The lowest BCUT2D eigenvalue weighted by molar-refractivity contribution is 0.0827. The van der Waals surface area contributed by atoms with Crippen LogP contribution in [0.2, 0.25) is 0 Å². The van der Waals surface area contributed by atoms with E-state index in [1.807, 2.05) is 21.0 Å². The number of aromatic nitrogens is 1. The summed E-state index contributed by atoms with van der Waals surface area (Å²) in [4.78, 5) is 17.4. The lowest BCUT2D eigenvalue weighted by Gasteiger charge is -2.12. The molecule has 0 unspecified atom stereocenters. The first-order valence-electron chi connectivity index (χ1n) is 5.84. The Hall–Kier alpha value is -1.62. The average Bonchev–Trinajstić information content (AvgIpc) is 2.37. The summed E-state index contributed by atoms with van der Waals surface area (Å²) in [7, 11) is 8.76. The Balaban J connectivity index is 0.000000873. The first-order valence-corrected chi connectivity index (χ1v) is 5.84. The van der Waals surface area contributed by atoms with Crippen molar-refractivity contribution in [2.75, 3.05) is 35.3 Å². The predicted molar refractivity (Wildman–Crippen MR) is 73.2 cm³/mol. The van der Waals surface area contributed by atoms with Gasteiger partial charge in [0.05, 0.1) is 18.4 Å². The minimum atomic E-state index is -0.0662. The maximum atomic E-state index is 11.6. The van der Waals surface area contributed by atoms with E-state index in [4.69, 9.17) is 4.74 Å². The van der Waals surface area contributed by atoms with Crippen molar-refractivity contribution in [2.24, 2.45) is 0 Å². The van der Waals surface area contributed by atoms with Crippen LogP contribution >= 0.6 is 0 Å². The van der Waals surface area contributed by atoms with Crippen molar-refractivity contribution in [3.8, 4) is 5.75 Å². The normalized spacial score (nSPS) is 9.22. The summed E-state index contributed by atoms with van der Waals surface area (Å²) in [5, 5.41) is 2.75. The van der Waals surface area contributed by atoms with Gasteiger partial charge in [0.25, 0.3) is 5.91 Å². The maximum absolute atomic E-state index is 11.6. The molecule has 5 nitrogen and oxygen atoms in total. The Morgan fingerprint density at radius 3 is 2.39 bits per heavy atom. The summed E-state index contributed by atoms with van der Waals surface area (Å²) in [6, 6.07) is 1.73. The summed E-state index contributed by atoms with van der Waals surface area (Å²) in [5.41, 5.74) is 1.42. The van der Waals surface area contributed by atoms with Gasteiger partial charge in [-0.15, -0.1) is 0 Å². The Kier molecular flexibility index (Phi) is 7.71. The zero-order valence-corrected chi connectivity index (χ0v) is 12.1. The third kappa shape index (κ3) is 4.71. The highest BCUT2D eigenvalue weighted by Crippen LogP contribution is 2.18. The number of pyridine rings is 1. The number of amides is 1. The smallest absolute Gasteiger partial charge is 0.255 e. The fraction of sp³-hybridized carbons (Fsp3) is 0.538. The molecule has 0 saturated heterocycles. The van der Waals surface area contributed by atoms with Crippen LogP contribution in [0.25, 0.3) is 0 Å². The van der Waals surface area contributed by atoms with Crippen LogP contribution in [0.3, 0.4) is 0 Å². The summed E-state index contributed by atoms with van der Waals surface area (Å²) < 4.78 is 5.17. The Morgan fingerprint density at radius 1 is 1.44 bits per heavy atom. The summed E-state index contributed by atoms with van der Waals surface area (Å²) in [6.07, 6.45) is 2.38. The molecule has 18 heavy (non-hydrogen) atoms. The highest BCUT2D eigenvalue weighted by molar-refractivity contribution is 5.94. The molecule has 0 radical (unpaired) electrons. The lowest BCUT2D eigenvalue weighted by Crippen LogP contribution is -2.22. The van der Waals surface area contributed by atoms with Crippen LogP contribution in [-0.4, -0.2) is 51.1 Å². The number of hydrogen-bond donors (Lipinski definition) is 1. The van der Waals surface area contributed by atoms with Gasteiger partial charge in [0.2, 0.25) is 0 Å². The van der Waals surface area contributed by atoms with Gasteiger partial charge in [0.15, 0.2) is 0 Å². The third-order valence-electron chi connectivity index (χ3n) is 2.14. The first-order chi connectivity index (χ1) is 8.51. The molecule has 1 aromatic heterocycles. The third-order valence-corrected chi connectivity index (χ3v) is 2.14. The molecule has 0 atom stereocenters. The minimum absolute atomic E-state index is 0.0662. The second kappa shape index (κ2) is 8.47. The monoisotopic (exact) mass is 253 g/mol. The van der Waals surface area contributed by atoms with Crippen molar-refractivity contribution in [2.45, 2.75) is 13.3 Å². The van der Waals surface area contributed by atoms with E-state index in [1.165, 1.54) is 4.90 Å². The number of hydrogen-bond acceptors (Lipinski definition) is 4. The van der Waals surface area contributed by atoms with Gasteiger partial charge in [-0.05, 0) is 26.6 Å². The van der Waals surface area contributed by atoms with Gasteiger partial charge in [-0.1, -0.05) is 6.92 Å². The van der Waals surface area contributed by atoms with E-state index >= 15 is 0 Å². The van der Waals surface area contributed by atoms with Crippen LogP contribution in [0.4, 0.5) is 0 Å². The summed E-state index contributed by atoms with van der Waals surface area (Å²) in [6.45, 7) is 2.00. The standard InChI is InChI=1S/C11H16N2O2.C2H7N/c1-5-9-10(15-4)6-8(7-12-9)11(14)13(2)3;1-3-2/h6-7H,5H2,1-4H3;3H,1-2H3. The van der Waals surface area contributed by atoms with Crippen molar-refractivity contribution in [3.63, 3.8) is 0 Å². The van der Waals surface area contributed by atoms with Crippen LogP contribution in [-0.2, 0) is 6.42 Å². The topological polar surface area (TPSA) is 54.5 Å². The minimum Gasteiger partial charge on any atom is -0.495 e. The predicted octanol–water partition coefficient (Wildman–Crippen LogP) is 1.19. The maximum Gasteiger partial charge on any atom is 0.255 e. The molecule has 0 aliphatic rings. The summed E-state index contributed by atoms with van der Waals surface area (Å²) in [5.74, 6) is 0.605. The van der Waals surface area contributed by atoms with Crippen LogP contribution < -0.4 is 10.1 Å². The van der Waals surface area contributed by atoms with Gasteiger partial charge in [-0.3, -0.25) is 9.78 Å². The lowest BCUT2D eigenvalue weighted by atomic mass is 10.2. The summed E-state index contributed by atoms with van der Waals surface area (Å²) >= 11 is 0. The van der Waals surface area contributed by atoms with Gasteiger partial charge < -0.3 is 15.0 Å². The van der Waals surface area contributed by atoms with E-state index in [9.17, 15) is 4.79 Å². The molecule has 0 bridgehead atoms. The van der Waals surface area contributed by atoms with Crippen LogP contribution in [0.5, 0.6) is 5.75 Å². The van der Waals surface area contributed by atoms with Gasteiger partial charge >= 0.3 is 0 Å². The molecule has 0 aliphatic heterocycles. The Labute approximate surface area is 109 Å². The van der Waals surface area contributed by atoms with Crippen molar-refractivity contribution in [1.29, 1.82) is 0 Å². The van der Waals surface area contributed by atoms with Crippen LogP contribution in [0.1, 0.15) is 23.0 Å². The van der Waals surface area contributed by atoms with Crippen molar-refractivity contribution in [3.05, 3.63) is 23.5 Å². The molecular formula is C13H23N3O2. The van der Waals surface area contributed by atoms with E-state index < -0.39 is 0 Å². The molecule has 1 heterocycles. The molecular weight excluding hydrogens is 230 g/mol. The zero-order valence-electron chi connectivity index (χ0n) is 12.1. The van der Waals surface area contributed by atoms with E-state index in [0.29, 0.717) is 11.3 Å². The van der Waals surface area contributed by atoms with Gasteiger partial charge in [-0.2, -0.15) is 0 Å². The fourth-order valence-corrected chi connectivity index (χ4v) is 1.29. The number of rotatable bonds is 3. The second-order valence-corrected chi connectivity index (χ2v) is 3.93. The number of nitrogens with one attached hydrogen (secondary N) is 1. The van der Waals surface area contributed by atoms with Crippen molar-refractivity contribution >= 4 is 5.91 Å². The zero-order chi connectivity index (χ0) is 14.1. The van der Waals surface area contributed by atoms with E-state index in [2.05, 4.69) is 10.3 Å². The Morgan fingerprint density at radius 2 is 2.00 bits per heavy atom. The quantitative estimate of drug-likeness (QED) is 0.879. The number of aryl methyl sites for hydroxylation is 1. The fourth-order valence-electron chi connectivity index (χ4n) is 1.29. The molecule has 0 fully saturated rings. The van der Waals surface area contributed by atoms with Crippen molar-refractivity contribution < 1.29 is 9.53 Å². The number of carbonyl (C=O) groups is 1. The molecule has 102 valence electrons. The van der Waals surface area contributed by atoms with Crippen LogP contribution in [0, 0.1) is 0 Å². The van der Waals surface area contributed by atoms with Gasteiger partial charge in [0.1, 0.15) is 5.75 Å². The van der Waals surface area contributed by atoms with E-state index in [0.717, 1.165) is 12.1 Å². The molecule has 1 rings (SSSR count). The molecule has 1 aromatic rings. The molecule has 0 aliphatic carbocycles. The SMILES string of the molecule is CCc1ncc(C(=O)N(C)C)cc1OC.CNC. The highest BCUT2D eigenvalue weighted by atomic mass is 16.5. The van der Waals surface area contributed by atoms with Crippen LogP contribution in [0.15, 0.2) is 12.3 Å². The second-order valence-electron chi connectivity index (χ2n) is 3.93. The average molecular weight is 253 g/mol. The number of ether oxygens (including phenoxy) is 1. The molecule has 0 spiro atoms. The van der Waals surface area contributed by atoms with E-state index in [1.54, 1.807) is 33.5 Å². The van der Waals surface area contributed by atoms with Gasteiger partial charge in [-0.25, -0.2) is 0 Å². The number of methoxy groups -OCH3 is 1. The van der Waals surface area contributed by atoms with E-state index in [-0.39, 0.29) is 5.91 Å². The van der Waals surface area contributed by atoms with Gasteiger partial charge in [0, 0.05) is 20.3 Å². The largest absolute Gasteiger partial charge is 0.495 e. The molecule has 1 N–H and O–H groups in total.